The van der Waals surface area contributed by atoms with Crippen molar-refractivity contribution in [1.29, 1.82) is 0 Å². The lowest BCUT2D eigenvalue weighted by atomic mass is 9.97. The van der Waals surface area contributed by atoms with E-state index in [4.69, 9.17) is 9.47 Å². The van der Waals surface area contributed by atoms with Crippen molar-refractivity contribution in [2.24, 2.45) is 10.3 Å². The first kappa shape index (κ1) is 21.8. The summed E-state index contributed by atoms with van der Waals surface area (Å²) < 4.78 is 40.2. The number of likely N-dealkylation sites (tertiary alicyclic amines) is 1. The number of allylic oxidation sites excluding steroid dienone is 1. The lowest BCUT2D eigenvalue weighted by Gasteiger charge is -2.34. The molecule has 1 aromatic carbocycles. The van der Waals surface area contributed by atoms with Crippen LogP contribution >= 0.6 is 0 Å². The Bertz CT molecular complexity index is 1000. The molecule has 2 heterocycles. The maximum absolute atomic E-state index is 13.2. The van der Waals surface area contributed by atoms with Gasteiger partial charge in [-0.15, -0.1) is 4.40 Å². The highest BCUT2D eigenvalue weighted by Crippen LogP contribution is 2.25. The van der Waals surface area contributed by atoms with Gasteiger partial charge in [0.15, 0.2) is 0 Å². The summed E-state index contributed by atoms with van der Waals surface area (Å²) in [6.07, 6.45) is 2.72. The van der Waals surface area contributed by atoms with Crippen molar-refractivity contribution in [1.82, 2.24) is 9.21 Å². The van der Waals surface area contributed by atoms with Crippen molar-refractivity contribution < 1.29 is 27.5 Å². The van der Waals surface area contributed by atoms with Crippen molar-refractivity contribution in [3.63, 3.8) is 0 Å². The Morgan fingerprint density at radius 1 is 1.30 bits per heavy atom. The van der Waals surface area contributed by atoms with E-state index in [1.165, 1.54) is 25.1 Å². The minimum Gasteiger partial charge on any atom is -0.497 e. The van der Waals surface area contributed by atoms with E-state index in [9.17, 15) is 18.0 Å². The Morgan fingerprint density at radius 3 is 2.77 bits per heavy atom. The summed E-state index contributed by atoms with van der Waals surface area (Å²) in [4.78, 5) is 26.8. The van der Waals surface area contributed by atoms with Gasteiger partial charge in [0.05, 0.1) is 25.3 Å². The Balaban J connectivity index is 1.91. The fourth-order valence-corrected chi connectivity index (χ4v) is 4.36. The molecule has 1 aromatic rings. The summed E-state index contributed by atoms with van der Waals surface area (Å²) in [6, 6.07) is 6.78. The predicted molar refractivity (Wildman–Crippen MR) is 110 cm³/mol. The number of piperidine rings is 1. The molecule has 9 nitrogen and oxygen atoms in total. The fraction of sp³-hybridized carbons (Fsp3) is 0.450. The van der Waals surface area contributed by atoms with Crippen LogP contribution in [0.4, 0.5) is 0 Å². The summed E-state index contributed by atoms with van der Waals surface area (Å²) in [5.74, 6) is -0.681. The average molecular weight is 436 g/mol. The van der Waals surface area contributed by atoms with E-state index in [1.54, 1.807) is 31.2 Å². The van der Waals surface area contributed by atoms with Crippen LogP contribution in [0.25, 0.3) is 0 Å². The van der Waals surface area contributed by atoms with Crippen LogP contribution in [0.15, 0.2) is 40.4 Å². The number of rotatable bonds is 5. The van der Waals surface area contributed by atoms with Gasteiger partial charge in [0.25, 0.3) is 5.91 Å². The first-order valence-electron chi connectivity index (χ1n) is 9.67. The topological polar surface area (TPSA) is 106 Å². The van der Waals surface area contributed by atoms with Gasteiger partial charge in [0, 0.05) is 25.7 Å². The van der Waals surface area contributed by atoms with Crippen molar-refractivity contribution in [2.75, 3.05) is 33.9 Å². The van der Waals surface area contributed by atoms with E-state index in [-0.39, 0.29) is 30.5 Å². The predicted octanol–water partition coefficient (Wildman–Crippen LogP) is 1.36. The molecule has 2 aliphatic heterocycles. The van der Waals surface area contributed by atoms with Crippen molar-refractivity contribution in [3.05, 3.63) is 41.6 Å². The molecule has 0 N–H and O–H groups in total. The van der Waals surface area contributed by atoms with Crippen LogP contribution in [-0.4, -0.2) is 69.1 Å². The van der Waals surface area contributed by atoms with Crippen molar-refractivity contribution >= 4 is 27.8 Å². The molecule has 0 saturated carbocycles. The fourth-order valence-electron chi connectivity index (χ4n) is 3.45. The van der Waals surface area contributed by atoms with Gasteiger partial charge in [-0.05, 0) is 38.0 Å². The van der Waals surface area contributed by atoms with Crippen LogP contribution < -0.4 is 4.74 Å². The molecule has 0 aromatic heterocycles. The van der Waals surface area contributed by atoms with Crippen molar-refractivity contribution in [3.8, 4) is 5.75 Å². The number of carbonyl (C=O) groups excluding carboxylic acids is 2. The number of benzene rings is 1. The van der Waals surface area contributed by atoms with E-state index >= 15 is 0 Å². The second-order valence-electron chi connectivity index (χ2n) is 7.03. The second-order valence-corrected chi connectivity index (χ2v) is 8.65. The third-order valence-electron chi connectivity index (χ3n) is 5.09. The number of methoxy groups -OCH3 is 1. The van der Waals surface area contributed by atoms with Crippen LogP contribution in [-0.2, 0) is 24.5 Å². The number of ether oxygens (including phenoxy) is 2. The maximum atomic E-state index is 13.2. The molecule has 0 spiro atoms. The van der Waals surface area contributed by atoms with Crippen LogP contribution in [0.5, 0.6) is 5.75 Å². The van der Waals surface area contributed by atoms with Gasteiger partial charge in [-0.3, -0.25) is 9.59 Å². The number of nitrogens with zero attached hydrogens (tertiary/aromatic N) is 3. The molecule has 0 radical (unpaired) electrons. The van der Waals surface area contributed by atoms with Crippen LogP contribution in [0.1, 0.15) is 25.3 Å². The first-order chi connectivity index (χ1) is 14.3. The van der Waals surface area contributed by atoms with E-state index < -0.39 is 22.0 Å². The molecule has 1 amide bonds. The van der Waals surface area contributed by atoms with Gasteiger partial charge < -0.3 is 14.4 Å². The van der Waals surface area contributed by atoms with Gasteiger partial charge in [0.2, 0.25) is 0 Å². The Hall–Kier alpha value is -2.88. The number of hydrogen-bond donors (Lipinski definition) is 0. The number of esters is 1. The SMILES string of the molecule is CCOC(=O)[C@@H]1CCCN(C(=O)C2=CC(c3cccc(OC)c3)=NS(=O)(=O)N2C)C1. The van der Waals surface area contributed by atoms with Crippen LogP contribution in [0, 0.1) is 5.92 Å². The average Bonchev–Trinajstić information content (AvgIpc) is 2.75. The molecule has 10 heteroatoms. The molecule has 1 atom stereocenters. The van der Waals surface area contributed by atoms with E-state index in [0.29, 0.717) is 30.7 Å². The highest BCUT2D eigenvalue weighted by atomic mass is 32.2. The summed E-state index contributed by atoms with van der Waals surface area (Å²) in [7, 11) is -1.28. The standard InChI is InChI=1S/C20H25N3O6S/c1-4-29-20(25)15-8-6-10-23(13-15)19(24)18-12-17(21-30(26,27)22(18)2)14-7-5-9-16(11-14)28-3/h5,7,9,11-12,15H,4,6,8,10,13H2,1-3H3/t15-/m1/s1. The van der Waals surface area contributed by atoms with Gasteiger partial charge in [-0.2, -0.15) is 8.42 Å². The third kappa shape index (κ3) is 4.48. The molecular weight excluding hydrogens is 410 g/mol. The molecule has 30 heavy (non-hydrogen) atoms. The largest absolute Gasteiger partial charge is 0.497 e. The quantitative estimate of drug-likeness (QED) is 0.647. The molecule has 1 saturated heterocycles. The van der Waals surface area contributed by atoms with E-state index in [2.05, 4.69) is 4.40 Å². The van der Waals surface area contributed by atoms with Gasteiger partial charge in [-0.25, -0.2) is 4.31 Å². The molecule has 0 unspecified atom stereocenters. The van der Waals surface area contributed by atoms with Crippen molar-refractivity contribution in [2.45, 2.75) is 19.8 Å². The van der Waals surface area contributed by atoms with Crippen LogP contribution in [0.3, 0.4) is 0 Å². The summed E-state index contributed by atoms with van der Waals surface area (Å²) >= 11 is 0. The Morgan fingerprint density at radius 2 is 2.07 bits per heavy atom. The highest BCUT2D eigenvalue weighted by Gasteiger charge is 2.36. The molecule has 2 aliphatic rings. The molecule has 3 rings (SSSR count). The lowest BCUT2D eigenvalue weighted by molar-refractivity contribution is -0.151. The zero-order valence-corrected chi connectivity index (χ0v) is 18.0. The Kier molecular flexibility index (Phi) is 6.45. The summed E-state index contributed by atoms with van der Waals surface area (Å²) in [5.41, 5.74) is 0.640. The maximum Gasteiger partial charge on any atom is 0.345 e. The second kappa shape index (κ2) is 8.86. The van der Waals surface area contributed by atoms with E-state index in [0.717, 1.165) is 4.31 Å². The zero-order chi connectivity index (χ0) is 21.9. The number of amides is 1. The van der Waals surface area contributed by atoms with E-state index in [1.807, 2.05) is 0 Å². The smallest absolute Gasteiger partial charge is 0.345 e. The number of carbonyl (C=O) groups is 2. The highest BCUT2D eigenvalue weighted by molar-refractivity contribution is 7.88. The minimum absolute atomic E-state index is 0.0210. The monoisotopic (exact) mass is 435 g/mol. The van der Waals surface area contributed by atoms with Gasteiger partial charge in [-0.1, -0.05) is 12.1 Å². The molecule has 0 bridgehead atoms. The Labute approximate surface area is 176 Å². The molecule has 0 aliphatic carbocycles. The van der Waals surface area contributed by atoms with Gasteiger partial charge >= 0.3 is 16.2 Å². The van der Waals surface area contributed by atoms with Crippen LogP contribution in [0.2, 0.25) is 0 Å². The van der Waals surface area contributed by atoms with Gasteiger partial charge in [0.1, 0.15) is 11.4 Å². The minimum atomic E-state index is -4.08. The summed E-state index contributed by atoms with van der Waals surface area (Å²) in [6.45, 7) is 2.63. The third-order valence-corrected chi connectivity index (χ3v) is 6.40. The normalized spacial score (nSPS) is 20.8. The molecule has 162 valence electrons. The zero-order valence-electron chi connectivity index (χ0n) is 17.2. The lowest BCUT2D eigenvalue weighted by Crippen LogP contribution is -2.46. The molecular formula is C20H25N3O6S. The summed E-state index contributed by atoms with van der Waals surface area (Å²) in [5, 5.41) is 0. The number of likely N-dealkylation sites (N-methyl/N-ethyl adjacent to an activating group) is 1. The first-order valence-corrected chi connectivity index (χ1v) is 11.1. The molecule has 1 fully saturated rings. The number of hydrogen-bond acceptors (Lipinski definition) is 6.